The second-order valence-electron chi connectivity index (χ2n) is 7.82. The van der Waals surface area contributed by atoms with Gasteiger partial charge in [0.15, 0.2) is 0 Å². The Balaban J connectivity index is 1.71. The Morgan fingerprint density at radius 1 is 1.41 bits per heavy atom. The average Bonchev–Trinajstić information content (AvgIpc) is 3.05. The van der Waals surface area contributed by atoms with Crippen molar-refractivity contribution in [3.63, 3.8) is 0 Å². The number of anilines is 1. The van der Waals surface area contributed by atoms with E-state index in [1.54, 1.807) is 13.2 Å². The number of hydrogen-bond acceptors (Lipinski definition) is 6. The van der Waals surface area contributed by atoms with Crippen molar-refractivity contribution in [2.45, 2.75) is 43.4 Å². The van der Waals surface area contributed by atoms with Crippen LogP contribution in [0.1, 0.15) is 25.3 Å². The Kier molecular flexibility index (Phi) is 3.67. The molecule has 6 unspecified atom stereocenters. The number of aliphatic imine (C=N–C) groups is 1. The summed E-state index contributed by atoms with van der Waals surface area (Å²) in [6.45, 7) is 2.60. The summed E-state index contributed by atoms with van der Waals surface area (Å²) in [5.74, 6) is 0.562. The first kappa shape index (κ1) is 17.2. The van der Waals surface area contributed by atoms with Gasteiger partial charge < -0.3 is 14.6 Å². The van der Waals surface area contributed by atoms with Gasteiger partial charge in [0.2, 0.25) is 0 Å². The molecule has 27 heavy (non-hydrogen) atoms. The number of ether oxygens (including phenoxy) is 2. The molecule has 4 bridgehead atoms. The van der Waals surface area contributed by atoms with E-state index in [1.807, 2.05) is 12.1 Å². The van der Waals surface area contributed by atoms with Crippen LogP contribution in [-0.4, -0.2) is 55.8 Å². The first-order valence-electron chi connectivity index (χ1n) is 9.50. The Morgan fingerprint density at radius 3 is 2.93 bits per heavy atom. The van der Waals surface area contributed by atoms with Gasteiger partial charge in [-0.05, 0) is 24.5 Å². The van der Waals surface area contributed by atoms with Gasteiger partial charge in [0.05, 0.1) is 38.7 Å². The minimum absolute atomic E-state index is 0.0239. The Hall–Kier alpha value is -1.96. The lowest BCUT2D eigenvalue weighted by Crippen LogP contribution is -2.58. The van der Waals surface area contributed by atoms with Gasteiger partial charge in [0, 0.05) is 23.6 Å². The second-order valence-corrected chi connectivity index (χ2v) is 7.82. The zero-order valence-corrected chi connectivity index (χ0v) is 15.7. The highest BCUT2D eigenvalue weighted by Gasteiger charge is 2.67. The van der Waals surface area contributed by atoms with Gasteiger partial charge in [-0.3, -0.25) is 14.6 Å². The highest BCUT2D eigenvalue weighted by Crippen LogP contribution is 2.57. The van der Waals surface area contributed by atoms with Gasteiger partial charge in [-0.1, -0.05) is 13.0 Å². The van der Waals surface area contributed by atoms with Gasteiger partial charge >= 0.3 is 0 Å². The molecule has 7 nitrogen and oxygen atoms in total. The summed E-state index contributed by atoms with van der Waals surface area (Å²) >= 11 is 0. The molecule has 6 rings (SSSR count). The third-order valence-electron chi connectivity index (χ3n) is 6.85. The van der Waals surface area contributed by atoms with Crippen molar-refractivity contribution in [1.82, 2.24) is 0 Å². The monoisotopic (exact) mass is 372 g/mol. The Bertz CT molecular complexity index is 840. The highest BCUT2D eigenvalue weighted by atomic mass is 16.7. The Labute approximate surface area is 157 Å². The van der Waals surface area contributed by atoms with Crippen molar-refractivity contribution >= 4 is 17.3 Å². The molecule has 3 fully saturated rings. The molecule has 1 aromatic carbocycles. The molecule has 6 atom stereocenters. The fraction of sp³-hybridized carbons (Fsp3) is 0.600. The maximum absolute atomic E-state index is 13.6. The smallest absolute Gasteiger partial charge is 0.264 e. The van der Waals surface area contributed by atoms with Crippen molar-refractivity contribution in [3.05, 3.63) is 23.8 Å². The SMILES string of the molecule is CCC1=NC2CC3(C(=O)N(OC)c4cc(OC)ccc43)C3OCC2C1C3O. The normalized spacial score (nSPS) is 39.0. The van der Waals surface area contributed by atoms with Crippen LogP contribution in [0.4, 0.5) is 5.69 Å². The summed E-state index contributed by atoms with van der Waals surface area (Å²) in [6.07, 6.45) is -0.0242. The molecule has 1 N–H and O–H groups in total. The third kappa shape index (κ3) is 1.97. The summed E-state index contributed by atoms with van der Waals surface area (Å²) < 4.78 is 11.5. The summed E-state index contributed by atoms with van der Waals surface area (Å²) in [7, 11) is 3.07. The molecule has 2 saturated heterocycles. The lowest BCUT2D eigenvalue weighted by atomic mass is 9.70. The van der Waals surface area contributed by atoms with Crippen LogP contribution >= 0.6 is 0 Å². The van der Waals surface area contributed by atoms with Crippen LogP contribution in [0.15, 0.2) is 23.2 Å². The molecule has 1 spiro atoms. The largest absolute Gasteiger partial charge is 0.497 e. The number of carbonyl (C=O) groups is 1. The molecule has 144 valence electrons. The number of methoxy groups -OCH3 is 1. The fourth-order valence-electron chi connectivity index (χ4n) is 5.69. The van der Waals surface area contributed by atoms with E-state index in [0.29, 0.717) is 24.5 Å². The van der Waals surface area contributed by atoms with E-state index in [2.05, 4.69) is 6.92 Å². The molecule has 1 amide bonds. The van der Waals surface area contributed by atoms with Crippen LogP contribution in [0.5, 0.6) is 5.75 Å². The van der Waals surface area contributed by atoms with Gasteiger partial charge in [0.25, 0.3) is 5.91 Å². The highest BCUT2D eigenvalue weighted by molar-refractivity contribution is 6.08. The van der Waals surface area contributed by atoms with Crippen LogP contribution in [0.3, 0.4) is 0 Å². The van der Waals surface area contributed by atoms with Crippen molar-refractivity contribution in [3.8, 4) is 5.75 Å². The summed E-state index contributed by atoms with van der Waals surface area (Å²) in [4.78, 5) is 24.0. The van der Waals surface area contributed by atoms with E-state index < -0.39 is 17.6 Å². The minimum Gasteiger partial charge on any atom is -0.497 e. The van der Waals surface area contributed by atoms with Crippen molar-refractivity contribution < 1.29 is 24.2 Å². The first-order valence-corrected chi connectivity index (χ1v) is 9.50. The quantitative estimate of drug-likeness (QED) is 0.869. The predicted octanol–water partition coefficient (Wildman–Crippen LogP) is 1.47. The molecule has 1 aliphatic carbocycles. The van der Waals surface area contributed by atoms with Crippen LogP contribution in [0.2, 0.25) is 0 Å². The number of fused-ring (bicyclic) bond motifs is 2. The number of aliphatic hydroxyl groups is 1. The summed E-state index contributed by atoms with van der Waals surface area (Å²) in [5.41, 5.74) is 1.54. The number of rotatable bonds is 3. The zero-order valence-electron chi connectivity index (χ0n) is 15.7. The maximum atomic E-state index is 13.6. The molecule has 5 aliphatic rings. The third-order valence-corrected chi connectivity index (χ3v) is 6.85. The van der Waals surface area contributed by atoms with Crippen LogP contribution < -0.4 is 9.80 Å². The first-order chi connectivity index (χ1) is 13.1. The topological polar surface area (TPSA) is 80.6 Å². The minimum atomic E-state index is -0.992. The lowest BCUT2D eigenvalue weighted by molar-refractivity contribution is -0.152. The van der Waals surface area contributed by atoms with Crippen molar-refractivity contribution in [1.29, 1.82) is 0 Å². The van der Waals surface area contributed by atoms with E-state index in [0.717, 1.165) is 17.7 Å². The van der Waals surface area contributed by atoms with Gasteiger partial charge in [0.1, 0.15) is 17.3 Å². The zero-order chi connectivity index (χ0) is 18.9. The second kappa shape index (κ2) is 5.77. The van der Waals surface area contributed by atoms with Gasteiger partial charge in [-0.25, -0.2) is 0 Å². The summed E-state index contributed by atoms with van der Waals surface area (Å²) in [6, 6.07) is 5.52. The summed E-state index contributed by atoms with van der Waals surface area (Å²) in [5, 5.41) is 12.6. The average molecular weight is 372 g/mol. The molecule has 4 heterocycles. The molecule has 1 aromatic rings. The number of hydroxylamine groups is 1. The molecule has 7 heteroatoms. The van der Waals surface area contributed by atoms with Crippen LogP contribution in [-0.2, 0) is 19.8 Å². The molecule has 1 saturated carbocycles. The molecule has 0 radical (unpaired) electrons. The van der Waals surface area contributed by atoms with E-state index in [1.165, 1.54) is 12.2 Å². The number of benzene rings is 1. The predicted molar refractivity (Wildman–Crippen MR) is 98.0 cm³/mol. The van der Waals surface area contributed by atoms with E-state index in [4.69, 9.17) is 19.3 Å². The standard InChI is InChI=1S/C20H24N2O5/c1-4-13-16-11-9-27-18(17(16)23)20(8-14(11)21-13)12-6-5-10(25-2)7-15(12)22(26-3)19(20)24/h5-7,11,14,16-18,23H,4,8-9H2,1-3H3. The number of nitrogens with zero attached hydrogens (tertiary/aromatic N) is 2. The van der Waals surface area contributed by atoms with Gasteiger partial charge in [-0.15, -0.1) is 0 Å². The van der Waals surface area contributed by atoms with Gasteiger partial charge in [-0.2, -0.15) is 5.06 Å². The number of carbonyl (C=O) groups excluding carboxylic acids is 1. The number of amides is 1. The molecule has 0 aromatic heterocycles. The van der Waals surface area contributed by atoms with Crippen molar-refractivity contribution in [2.75, 3.05) is 25.9 Å². The van der Waals surface area contributed by atoms with E-state index in [9.17, 15) is 9.90 Å². The Morgan fingerprint density at radius 2 is 2.22 bits per heavy atom. The molecular weight excluding hydrogens is 348 g/mol. The maximum Gasteiger partial charge on any atom is 0.264 e. The van der Waals surface area contributed by atoms with Crippen LogP contribution in [0, 0.1) is 11.8 Å². The number of hydrogen-bond donors (Lipinski definition) is 1. The molecular formula is C20H24N2O5. The molecule has 4 aliphatic heterocycles. The van der Waals surface area contributed by atoms with Crippen molar-refractivity contribution in [2.24, 2.45) is 16.8 Å². The lowest BCUT2D eigenvalue weighted by Gasteiger charge is -2.42. The number of aliphatic hydroxyl groups excluding tert-OH is 1. The van der Waals surface area contributed by atoms with E-state index >= 15 is 0 Å². The fourth-order valence-corrected chi connectivity index (χ4v) is 5.69. The van der Waals surface area contributed by atoms with E-state index in [-0.39, 0.29) is 23.8 Å². The van der Waals surface area contributed by atoms with Crippen LogP contribution in [0.25, 0.3) is 0 Å².